The maximum Gasteiger partial charge on any atom is 0.329 e. The van der Waals surface area contributed by atoms with E-state index in [4.69, 9.17) is 5.26 Å². The van der Waals surface area contributed by atoms with Crippen LogP contribution in [-0.2, 0) is 4.79 Å². The molecule has 2 amide bonds. The van der Waals surface area contributed by atoms with Crippen LogP contribution in [-0.4, -0.2) is 29.7 Å². The standard InChI is InChI=1S/C15H19N3O3/c1-4-9-15(2,13(19)20)17-14(21)18(3)12-7-5-11(10-16)6-8-12/h5-8H,4,9H2,1-3H3,(H,17,21)(H,19,20). The van der Waals surface area contributed by atoms with E-state index in [1.165, 1.54) is 11.8 Å². The minimum Gasteiger partial charge on any atom is -0.480 e. The summed E-state index contributed by atoms with van der Waals surface area (Å²) < 4.78 is 0. The van der Waals surface area contributed by atoms with E-state index in [1.54, 1.807) is 31.3 Å². The smallest absolute Gasteiger partial charge is 0.329 e. The highest BCUT2D eigenvalue weighted by Gasteiger charge is 2.34. The summed E-state index contributed by atoms with van der Waals surface area (Å²) in [7, 11) is 1.55. The second kappa shape index (κ2) is 6.75. The number of carboxylic acid groups (broad SMARTS) is 1. The molecule has 0 heterocycles. The predicted octanol–water partition coefficient (Wildman–Crippen LogP) is 2.35. The third-order valence-corrected chi connectivity index (χ3v) is 3.29. The fourth-order valence-corrected chi connectivity index (χ4v) is 1.92. The van der Waals surface area contributed by atoms with Gasteiger partial charge in [0.25, 0.3) is 0 Å². The molecule has 1 aromatic rings. The van der Waals surface area contributed by atoms with Gasteiger partial charge in [-0.1, -0.05) is 13.3 Å². The molecule has 1 aromatic carbocycles. The molecule has 1 rings (SSSR count). The minimum absolute atomic E-state index is 0.343. The van der Waals surface area contributed by atoms with Crippen LogP contribution in [0.15, 0.2) is 24.3 Å². The van der Waals surface area contributed by atoms with Crippen LogP contribution in [0.5, 0.6) is 0 Å². The summed E-state index contributed by atoms with van der Waals surface area (Å²) in [5, 5.41) is 20.5. The van der Waals surface area contributed by atoms with E-state index >= 15 is 0 Å². The van der Waals surface area contributed by atoms with Gasteiger partial charge in [0.15, 0.2) is 0 Å². The summed E-state index contributed by atoms with van der Waals surface area (Å²) in [6, 6.07) is 7.96. The van der Waals surface area contributed by atoms with Gasteiger partial charge >= 0.3 is 12.0 Å². The van der Waals surface area contributed by atoms with Gasteiger partial charge in [0, 0.05) is 12.7 Å². The quantitative estimate of drug-likeness (QED) is 0.870. The number of urea groups is 1. The van der Waals surface area contributed by atoms with Crippen molar-refractivity contribution in [1.82, 2.24) is 5.32 Å². The fraction of sp³-hybridized carbons (Fsp3) is 0.400. The van der Waals surface area contributed by atoms with Crippen molar-refractivity contribution >= 4 is 17.7 Å². The van der Waals surface area contributed by atoms with E-state index in [-0.39, 0.29) is 0 Å². The molecule has 0 radical (unpaired) electrons. The first-order chi connectivity index (χ1) is 9.84. The number of anilines is 1. The van der Waals surface area contributed by atoms with Crippen molar-refractivity contribution in [2.24, 2.45) is 0 Å². The predicted molar refractivity (Wildman–Crippen MR) is 79.0 cm³/mol. The number of nitrogens with one attached hydrogen (secondary N) is 1. The Morgan fingerprint density at radius 2 is 1.95 bits per heavy atom. The summed E-state index contributed by atoms with van der Waals surface area (Å²) >= 11 is 0. The second-order valence-corrected chi connectivity index (χ2v) is 5.04. The fourth-order valence-electron chi connectivity index (χ4n) is 1.92. The highest BCUT2D eigenvalue weighted by Crippen LogP contribution is 2.17. The van der Waals surface area contributed by atoms with E-state index in [0.29, 0.717) is 24.1 Å². The first-order valence-electron chi connectivity index (χ1n) is 6.63. The Hall–Kier alpha value is -2.55. The zero-order chi connectivity index (χ0) is 16.0. The number of carboxylic acids is 1. The van der Waals surface area contributed by atoms with Crippen molar-refractivity contribution < 1.29 is 14.7 Å². The third-order valence-electron chi connectivity index (χ3n) is 3.29. The Morgan fingerprint density at radius 3 is 2.38 bits per heavy atom. The summed E-state index contributed by atoms with van der Waals surface area (Å²) in [5.74, 6) is -1.06. The zero-order valence-corrected chi connectivity index (χ0v) is 12.4. The highest BCUT2D eigenvalue weighted by molar-refractivity contribution is 5.95. The van der Waals surface area contributed by atoms with Crippen LogP contribution in [0.2, 0.25) is 0 Å². The lowest BCUT2D eigenvalue weighted by atomic mass is 9.96. The first-order valence-corrected chi connectivity index (χ1v) is 6.63. The Morgan fingerprint density at radius 1 is 1.38 bits per heavy atom. The van der Waals surface area contributed by atoms with Crippen molar-refractivity contribution in [1.29, 1.82) is 5.26 Å². The van der Waals surface area contributed by atoms with Gasteiger partial charge in [-0.25, -0.2) is 9.59 Å². The molecule has 0 bridgehead atoms. The van der Waals surface area contributed by atoms with Crippen LogP contribution in [0.4, 0.5) is 10.5 Å². The van der Waals surface area contributed by atoms with Crippen LogP contribution >= 0.6 is 0 Å². The van der Waals surface area contributed by atoms with Gasteiger partial charge in [0.05, 0.1) is 11.6 Å². The molecular formula is C15H19N3O3. The third kappa shape index (κ3) is 3.96. The van der Waals surface area contributed by atoms with E-state index < -0.39 is 17.5 Å². The first kappa shape index (κ1) is 16.5. The summed E-state index contributed by atoms with van der Waals surface area (Å²) in [4.78, 5) is 24.8. The van der Waals surface area contributed by atoms with Crippen molar-refractivity contribution in [3.8, 4) is 6.07 Å². The van der Waals surface area contributed by atoms with Crippen molar-refractivity contribution in [2.75, 3.05) is 11.9 Å². The molecule has 0 fully saturated rings. The summed E-state index contributed by atoms with van der Waals surface area (Å²) in [6.07, 6.45) is 0.985. The Balaban J connectivity index is 2.86. The molecule has 0 spiro atoms. The van der Waals surface area contributed by atoms with Crippen LogP contribution in [0.25, 0.3) is 0 Å². The largest absolute Gasteiger partial charge is 0.480 e. The van der Waals surface area contributed by atoms with Crippen LogP contribution in [0.1, 0.15) is 32.3 Å². The number of nitrogens with zero attached hydrogens (tertiary/aromatic N) is 2. The van der Waals surface area contributed by atoms with E-state index in [0.717, 1.165) is 0 Å². The van der Waals surface area contributed by atoms with Gasteiger partial charge in [0.1, 0.15) is 5.54 Å². The van der Waals surface area contributed by atoms with Gasteiger partial charge in [-0.05, 0) is 37.6 Å². The Kier molecular flexibility index (Phi) is 5.30. The molecule has 0 saturated heterocycles. The molecular weight excluding hydrogens is 270 g/mol. The zero-order valence-electron chi connectivity index (χ0n) is 12.4. The van der Waals surface area contributed by atoms with Gasteiger partial charge in [-0.15, -0.1) is 0 Å². The average Bonchev–Trinajstić information content (AvgIpc) is 2.46. The number of aliphatic carboxylic acids is 1. The van der Waals surface area contributed by atoms with Crippen LogP contribution in [0, 0.1) is 11.3 Å². The highest BCUT2D eigenvalue weighted by atomic mass is 16.4. The average molecular weight is 289 g/mol. The molecule has 21 heavy (non-hydrogen) atoms. The number of hydrogen-bond acceptors (Lipinski definition) is 3. The van der Waals surface area contributed by atoms with Gasteiger partial charge in [-0.3, -0.25) is 4.90 Å². The Labute approximate surface area is 124 Å². The molecule has 6 nitrogen and oxygen atoms in total. The molecule has 112 valence electrons. The van der Waals surface area contributed by atoms with Crippen molar-refractivity contribution in [3.63, 3.8) is 0 Å². The lowest BCUT2D eigenvalue weighted by Gasteiger charge is -2.29. The van der Waals surface area contributed by atoms with E-state index in [2.05, 4.69) is 5.32 Å². The molecule has 0 saturated carbocycles. The van der Waals surface area contributed by atoms with Crippen LogP contribution in [0.3, 0.4) is 0 Å². The monoisotopic (exact) mass is 289 g/mol. The van der Waals surface area contributed by atoms with Crippen LogP contribution < -0.4 is 10.2 Å². The molecule has 2 N–H and O–H groups in total. The molecule has 0 aliphatic heterocycles. The SMILES string of the molecule is CCCC(C)(NC(=O)N(C)c1ccc(C#N)cc1)C(=O)O. The molecule has 0 aromatic heterocycles. The number of amides is 2. The molecule has 1 atom stereocenters. The van der Waals surface area contributed by atoms with Gasteiger partial charge in [-0.2, -0.15) is 5.26 Å². The minimum atomic E-state index is -1.30. The summed E-state index contributed by atoms with van der Waals surface area (Å²) in [5.41, 5.74) is -0.225. The van der Waals surface area contributed by atoms with Crippen molar-refractivity contribution in [3.05, 3.63) is 29.8 Å². The maximum absolute atomic E-state index is 12.2. The topological polar surface area (TPSA) is 93.4 Å². The number of rotatable bonds is 5. The number of carbonyl (C=O) groups excluding carboxylic acids is 1. The number of carbonyl (C=O) groups is 2. The van der Waals surface area contributed by atoms with Crippen molar-refractivity contribution in [2.45, 2.75) is 32.2 Å². The molecule has 0 aliphatic carbocycles. The number of hydrogen-bond donors (Lipinski definition) is 2. The number of benzene rings is 1. The second-order valence-electron chi connectivity index (χ2n) is 5.04. The van der Waals surface area contributed by atoms with Gasteiger partial charge < -0.3 is 10.4 Å². The lowest BCUT2D eigenvalue weighted by molar-refractivity contribution is -0.144. The Bertz CT molecular complexity index is 563. The maximum atomic E-state index is 12.2. The van der Waals surface area contributed by atoms with E-state index in [1.807, 2.05) is 13.0 Å². The lowest BCUT2D eigenvalue weighted by Crippen LogP contribution is -2.55. The van der Waals surface area contributed by atoms with Gasteiger partial charge in [0.2, 0.25) is 0 Å². The molecule has 1 unspecified atom stereocenters. The molecule has 6 heteroatoms. The normalized spacial score (nSPS) is 12.9. The number of nitriles is 1. The van der Waals surface area contributed by atoms with E-state index in [9.17, 15) is 14.7 Å². The summed E-state index contributed by atoms with van der Waals surface area (Å²) in [6.45, 7) is 3.35. The molecule has 0 aliphatic rings.